The van der Waals surface area contributed by atoms with Gasteiger partial charge in [0.05, 0.1) is 11.1 Å². The molecule has 0 amide bonds. The molecular formula is C22H17NO2. The van der Waals surface area contributed by atoms with Crippen LogP contribution in [-0.2, 0) is 0 Å². The van der Waals surface area contributed by atoms with Crippen LogP contribution in [0.15, 0.2) is 89.7 Å². The van der Waals surface area contributed by atoms with Crippen LogP contribution in [0.4, 0.5) is 0 Å². The minimum absolute atomic E-state index is 0.154. The van der Waals surface area contributed by atoms with Crippen molar-refractivity contribution in [2.75, 3.05) is 7.11 Å². The molecule has 4 rings (SSSR count). The summed E-state index contributed by atoms with van der Waals surface area (Å²) in [6, 6.07) is 27.8. The van der Waals surface area contributed by atoms with Gasteiger partial charge in [-0.05, 0) is 34.7 Å². The largest absolute Gasteiger partial charge is 0.413 e. The number of nitrogens with zero attached hydrogens (tertiary/aromatic N) is 1. The lowest BCUT2D eigenvalue weighted by Gasteiger charge is -2.13. The van der Waals surface area contributed by atoms with Crippen LogP contribution in [0.1, 0.15) is 0 Å². The van der Waals surface area contributed by atoms with Crippen molar-refractivity contribution in [2.45, 2.75) is 0 Å². The lowest BCUT2D eigenvalue weighted by molar-refractivity contribution is 0.163. The second-order valence-electron chi connectivity index (χ2n) is 5.85. The lowest BCUT2D eigenvalue weighted by Crippen LogP contribution is -2.26. The van der Waals surface area contributed by atoms with E-state index in [1.165, 1.54) is 11.8 Å². The second-order valence-corrected chi connectivity index (χ2v) is 5.85. The van der Waals surface area contributed by atoms with Crippen LogP contribution in [-0.4, -0.2) is 11.8 Å². The van der Waals surface area contributed by atoms with Crippen LogP contribution in [0.2, 0.25) is 0 Å². The van der Waals surface area contributed by atoms with Gasteiger partial charge >= 0.3 is 0 Å². The fourth-order valence-corrected chi connectivity index (χ4v) is 3.10. The van der Waals surface area contributed by atoms with Gasteiger partial charge in [0.15, 0.2) is 0 Å². The second kappa shape index (κ2) is 6.29. The molecule has 25 heavy (non-hydrogen) atoms. The highest BCUT2D eigenvalue weighted by molar-refractivity contribution is 5.89. The average Bonchev–Trinajstić information content (AvgIpc) is 2.69. The number of benzene rings is 3. The van der Waals surface area contributed by atoms with Gasteiger partial charge in [-0.3, -0.25) is 4.79 Å². The van der Waals surface area contributed by atoms with E-state index >= 15 is 0 Å². The molecule has 3 heteroatoms. The first-order valence-corrected chi connectivity index (χ1v) is 8.13. The normalized spacial score (nSPS) is 10.8. The van der Waals surface area contributed by atoms with Gasteiger partial charge in [0.1, 0.15) is 7.11 Å². The summed E-state index contributed by atoms with van der Waals surface area (Å²) < 4.78 is 1.35. The predicted molar refractivity (Wildman–Crippen MR) is 102 cm³/mol. The van der Waals surface area contributed by atoms with Crippen LogP contribution < -0.4 is 10.4 Å². The molecule has 0 spiro atoms. The maximum atomic E-state index is 12.8. The standard InChI is InChI=1S/C22H17NO2/c1-25-23-21(17-10-6-3-7-11-17)15-19-14-18(12-13-20(19)22(23)24)16-8-4-2-5-9-16/h2-15H,1H3. The van der Waals surface area contributed by atoms with Gasteiger partial charge in [-0.25, -0.2) is 0 Å². The SMILES string of the molecule is COn1c(-c2ccccc2)cc2cc(-c3ccccc3)ccc2c1=O. The molecule has 0 bridgehead atoms. The van der Waals surface area contributed by atoms with Gasteiger partial charge in [-0.2, -0.15) is 0 Å². The van der Waals surface area contributed by atoms with E-state index in [0.717, 1.165) is 27.8 Å². The Kier molecular flexibility index (Phi) is 3.82. The Bertz CT molecular complexity index is 1080. The fourth-order valence-electron chi connectivity index (χ4n) is 3.10. The molecule has 122 valence electrons. The summed E-state index contributed by atoms with van der Waals surface area (Å²) in [7, 11) is 1.51. The number of fused-ring (bicyclic) bond motifs is 1. The molecule has 4 aromatic rings. The van der Waals surface area contributed by atoms with Crippen LogP contribution in [0.5, 0.6) is 0 Å². The Morgan fingerprint density at radius 3 is 2.00 bits per heavy atom. The molecule has 0 N–H and O–H groups in total. The van der Waals surface area contributed by atoms with E-state index in [1.807, 2.05) is 66.7 Å². The summed E-state index contributed by atoms with van der Waals surface area (Å²) >= 11 is 0. The third kappa shape index (κ3) is 2.70. The monoisotopic (exact) mass is 327 g/mol. The Labute approximate surface area is 145 Å². The van der Waals surface area contributed by atoms with Crippen LogP contribution in [0.3, 0.4) is 0 Å². The van der Waals surface area contributed by atoms with E-state index in [1.54, 1.807) is 0 Å². The highest BCUT2D eigenvalue weighted by Crippen LogP contribution is 2.26. The molecule has 0 atom stereocenters. The number of aromatic nitrogens is 1. The van der Waals surface area contributed by atoms with Crippen molar-refractivity contribution in [2.24, 2.45) is 0 Å². The van der Waals surface area contributed by atoms with Gasteiger partial charge in [0, 0.05) is 5.56 Å². The van der Waals surface area contributed by atoms with Crippen molar-refractivity contribution in [3.63, 3.8) is 0 Å². The Balaban J connectivity index is 1.98. The molecule has 0 saturated carbocycles. The first kappa shape index (κ1) is 15.2. The summed E-state index contributed by atoms with van der Waals surface area (Å²) in [5, 5.41) is 1.54. The Morgan fingerprint density at radius 1 is 0.720 bits per heavy atom. The maximum absolute atomic E-state index is 12.8. The van der Waals surface area contributed by atoms with Gasteiger partial charge in [0.2, 0.25) is 0 Å². The quantitative estimate of drug-likeness (QED) is 0.559. The first-order valence-electron chi connectivity index (χ1n) is 8.13. The number of hydrogen-bond acceptors (Lipinski definition) is 2. The molecule has 3 aromatic carbocycles. The van der Waals surface area contributed by atoms with Gasteiger partial charge < -0.3 is 4.84 Å². The topological polar surface area (TPSA) is 31.2 Å². The zero-order valence-electron chi connectivity index (χ0n) is 13.8. The first-order chi connectivity index (χ1) is 12.3. The number of rotatable bonds is 3. The third-order valence-electron chi connectivity index (χ3n) is 4.34. The molecule has 0 aliphatic heterocycles. The van der Waals surface area contributed by atoms with E-state index in [4.69, 9.17) is 4.84 Å². The van der Waals surface area contributed by atoms with Gasteiger partial charge in [0.25, 0.3) is 5.56 Å². The van der Waals surface area contributed by atoms with E-state index < -0.39 is 0 Å². The molecule has 1 aromatic heterocycles. The summed E-state index contributed by atoms with van der Waals surface area (Å²) in [4.78, 5) is 18.2. The highest BCUT2D eigenvalue weighted by Gasteiger charge is 2.12. The van der Waals surface area contributed by atoms with Crippen molar-refractivity contribution < 1.29 is 4.84 Å². The summed E-state index contributed by atoms with van der Waals surface area (Å²) in [5.74, 6) is 0. The molecule has 0 unspecified atom stereocenters. The van der Waals surface area contributed by atoms with E-state index in [-0.39, 0.29) is 5.56 Å². The zero-order chi connectivity index (χ0) is 17.2. The summed E-state index contributed by atoms with van der Waals surface area (Å²) in [5.41, 5.74) is 3.74. The molecule has 0 aliphatic rings. The van der Waals surface area contributed by atoms with Crippen molar-refractivity contribution >= 4 is 10.8 Å². The minimum atomic E-state index is -0.154. The maximum Gasteiger partial charge on any atom is 0.291 e. The molecule has 3 nitrogen and oxygen atoms in total. The predicted octanol–water partition coefficient (Wildman–Crippen LogP) is 4.39. The van der Waals surface area contributed by atoms with Gasteiger partial charge in [-0.15, -0.1) is 4.73 Å². The molecule has 0 fully saturated rings. The summed E-state index contributed by atoms with van der Waals surface area (Å²) in [6.45, 7) is 0. The number of pyridine rings is 1. The molecular weight excluding hydrogens is 310 g/mol. The molecule has 0 radical (unpaired) electrons. The lowest BCUT2D eigenvalue weighted by atomic mass is 10.0. The summed E-state index contributed by atoms with van der Waals surface area (Å²) in [6.07, 6.45) is 0. The highest BCUT2D eigenvalue weighted by atomic mass is 16.6. The smallest absolute Gasteiger partial charge is 0.291 e. The average molecular weight is 327 g/mol. The Hall–Kier alpha value is -3.33. The van der Waals surface area contributed by atoms with Crippen molar-refractivity contribution in [1.29, 1.82) is 0 Å². The van der Waals surface area contributed by atoms with Crippen molar-refractivity contribution in [3.05, 3.63) is 95.3 Å². The van der Waals surface area contributed by atoms with Crippen LogP contribution in [0.25, 0.3) is 33.2 Å². The van der Waals surface area contributed by atoms with E-state index in [0.29, 0.717) is 5.39 Å². The molecule has 0 saturated heterocycles. The number of hydrogen-bond donors (Lipinski definition) is 0. The van der Waals surface area contributed by atoms with Crippen molar-refractivity contribution in [3.8, 4) is 22.4 Å². The van der Waals surface area contributed by atoms with Crippen LogP contribution >= 0.6 is 0 Å². The molecule has 1 heterocycles. The zero-order valence-corrected chi connectivity index (χ0v) is 13.8. The van der Waals surface area contributed by atoms with E-state index in [2.05, 4.69) is 18.2 Å². The minimum Gasteiger partial charge on any atom is -0.413 e. The fraction of sp³-hybridized carbons (Fsp3) is 0.0455. The Morgan fingerprint density at radius 2 is 1.36 bits per heavy atom. The molecule has 0 aliphatic carbocycles. The third-order valence-corrected chi connectivity index (χ3v) is 4.34. The van der Waals surface area contributed by atoms with Crippen LogP contribution in [0, 0.1) is 0 Å². The van der Waals surface area contributed by atoms with E-state index in [9.17, 15) is 4.79 Å². The van der Waals surface area contributed by atoms with Crippen molar-refractivity contribution in [1.82, 2.24) is 4.73 Å². The van der Waals surface area contributed by atoms with Gasteiger partial charge in [-0.1, -0.05) is 66.7 Å².